The third-order valence-corrected chi connectivity index (χ3v) is 3.61. The Morgan fingerprint density at radius 2 is 1.74 bits per heavy atom. The highest BCUT2D eigenvalue weighted by Gasteiger charge is 2.31. The van der Waals surface area contributed by atoms with Crippen LogP contribution in [0, 0.1) is 0 Å². The van der Waals surface area contributed by atoms with Crippen molar-refractivity contribution in [3.63, 3.8) is 0 Å². The van der Waals surface area contributed by atoms with Crippen molar-refractivity contribution in [3.05, 3.63) is 18.2 Å². The van der Waals surface area contributed by atoms with E-state index in [1.165, 1.54) is 0 Å². The number of alkyl carbamates (subject to hydrolysis) is 1. The van der Waals surface area contributed by atoms with Crippen LogP contribution < -0.4 is 20.1 Å². The third kappa shape index (κ3) is 4.94. The van der Waals surface area contributed by atoms with Crippen molar-refractivity contribution >= 4 is 11.8 Å². The molecule has 0 radical (unpaired) electrons. The van der Waals surface area contributed by atoms with Gasteiger partial charge in [0, 0.05) is 23.8 Å². The maximum absolute atomic E-state index is 11.7. The Kier molecular flexibility index (Phi) is 5.23. The zero-order valence-electron chi connectivity index (χ0n) is 14.4. The molecule has 0 bridgehead atoms. The summed E-state index contributed by atoms with van der Waals surface area (Å²) in [4.78, 5) is 11.7. The number of benzene rings is 1. The Labute approximate surface area is 137 Å². The molecule has 6 nitrogen and oxygen atoms in total. The fourth-order valence-electron chi connectivity index (χ4n) is 2.49. The van der Waals surface area contributed by atoms with Crippen LogP contribution in [0.15, 0.2) is 18.2 Å². The first-order valence-corrected chi connectivity index (χ1v) is 7.79. The predicted molar refractivity (Wildman–Crippen MR) is 89.3 cm³/mol. The van der Waals surface area contributed by atoms with Gasteiger partial charge in [-0.05, 0) is 45.7 Å². The molecule has 0 aliphatic heterocycles. The Morgan fingerprint density at radius 1 is 1.09 bits per heavy atom. The molecule has 1 aliphatic rings. The number of hydrogen-bond donors (Lipinski definition) is 2. The van der Waals surface area contributed by atoms with Gasteiger partial charge < -0.3 is 24.8 Å². The Hall–Kier alpha value is -2.11. The summed E-state index contributed by atoms with van der Waals surface area (Å²) in [5, 5.41) is 6.31. The van der Waals surface area contributed by atoms with E-state index in [9.17, 15) is 4.79 Å². The van der Waals surface area contributed by atoms with E-state index in [0.29, 0.717) is 17.5 Å². The van der Waals surface area contributed by atoms with Gasteiger partial charge >= 0.3 is 6.09 Å². The first-order chi connectivity index (χ1) is 10.8. The molecule has 0 saturated heterocycles. The second-order valence-corrected chi connectivity index (χ2v) is 6.73. The average molecular weight is 322 g/mol. The molecule has 2 rings (SSSR count). The lowest BCUT2D eigenvalue weighted by molar-refractivity contribution is 0.0475. The first kappa shape index (κ1) is 17.2. The van der Waals surface area contributed by atoms with Gasteiger partial charge in [0.15, 0.2) is 11.5 Å². The molecule has 128 valence electrons. The molecule has 0 heterocycles. The number of carbonyl (C=O) groups is 1. The summed E-state index contributed by atoms with van der Waals surface area (Å²) in [6.07, 6.45) is 1.38. The summed E-state index contributed by atoms with van der Waals surface area (Å²) in [7, 11) is 3.23. The largest absolute Gasteiger partial charge is 0.493 e. The van der Waals surface area contributed by atoms with Crippen molar-refractivity contribution in [2.75, 3.05) is 19.5 Å². The van der Waals surface area contributed by atoms with Gasteiger partial charge in [-0.15, -0.1) is 0 Å². The molecule has 0 spiro atoms. The van der Waals surface area contributed by atoms with Crippen LogP contribution >= 0.6 is 0 Å². The van der Waals surface area contributed by atoms with E-state index in [0.717, 1.165) is 18.5 Å². The summed E-state index contributed by atoms with van der Waals surface area (Å²) in [5.74, 6) is 1.40. The maximum Gasteiger partial charge on any atom is 0.407 e. The fourth-order valence-corrected chi connectivity index (χ4v) is 2.49. The molecule has 1 aromatic rings. The van der Waals surface area contributed by atoms with Crippen molar-refractivity contribution < 1.29 is 19.0 Å². The minimum absolute atomic E-state index is 0.155. The van der Waals surface area contributed by atoms with Gasteiger partial charge in [0.2, 0.25) is 0 Å². The van der Waals surface area contributed by atoms with Gasteiger partial charge in [-0.2, -0.15) is 0 Å². The highest BCUT2D eigenvalue weighted by atomic mass is 16.6. The molecular formula is C17H26N2O4. The van der Waals surface area contributed by atoms with Crippen LogP contribution in [0.3, 0.4) is 0 Å². The van der Waals surface area contributed by atoms with Gasteiger partial charge in [0.1, 0.15) is 5.60 Å². The van der Waals surface area contributed by atoms with Gasteiger partial charge in [0.25, 0.3) is 0 Å². The molecular weight excluding hydrogens is 296 g/mol. The van der Waals surface area contributed by atoms with Gasteiger partial charge in [0.05, 0.1) is 14.2 Å². The Bertz CT molecular complexity index is 548. The smallest absolute Gasteiger partial charge is 0.407 e. The molecule has 2 N–H and O–H groups in total. The van der Waals surface area contributed by atoms with E-state index >= 15 is 0 Å². The van der Waals surface area contributed by atoms with Crippen molar-refractivity contribution in [1.29, 1.82) is 0 Å². The number of carbonyl (C=O) groups excluding carboxylic acids is 1. The van der Waals surface area contributed by atoms with Crippen molar-refractivity contribution in [1.82, 2.24) is 5.32 Å². The molecule has 1 aliphatic carbocycles. The molecule has 1 fully saturated rings. The Balaban J connectivity index is 1.79. The van der Waals surface area contributed by atoms with Crippen LogP contribution in [0.1, 0.15) is 33.6 Å². The molecule has 6 heteroatoms. The van der Waals surface area contributed by atoms with Crippen LogP contribution in [0.5, 0.6) is 11.5 Å². The Morgan fingerprint density at radius 3 is 2.30 bits per heavy atom. The van der Waals surface area contributed by atoms with Gasteiger partial charge in [-0.1, -0.05) is 0 Å². The van der Waals surface area contributed by atoms with Crippen molar-refractivity contribution in [2.24, 2.45) is 0 Å². The van der Waals surface area contributed by atoms with Gasteiger partial charge in [-0.3, -0.25) is 0 Å². The van der Waals surface area contributed by atoms with Crippen molar-refractivity contribution in [3.8, 4) is 11.5 Å². The molecule has 1 saturated carbocycles. The van der Waals surface area contributed by atoms with Crippen LogP contribution in [-0.2, 0) is 4.74 Å². The average Bonchev–Trinajstić information content (AvgIpc) is 2.42. The second kappa shape index (κ2) is 6.98. The topological polar surface area (TPSA) is 68.8 Å². The SMILES string of the molecule is COc1ccc(NC2CC(NC(=O)OC(C)(C)C)C2)cc1OC. The van der Waals surface area contributed by atoms with E-state index in [2.05, 4.69) is 10.6 Å². The molecule has 0 atom stereocenters. The number of anilines is 1. The molecule has 1 aromatic carbocycles. The molecule has 1 amide bonds. The number of methoxy groups -OCH3 is 2. The highest BCUT2D eigenvalue weighted by Crippen LogP contribution is 2.32. The number of rotatable bonds is 5. The van der Waals surface area contributed by atoms with E-state index in [-0.39, 0.29) is 12.1 Å². The zero-order valence-corrected chi connectivity index (χ0v) is 14.4. The standard InChI is InChI=1S/C17H26N2O4/c1-17(2,3)23-16(20)19-13-8-12(9-13)18-11-6-7-14(21-4)15(10-11)22-5/h6-7,10,12-13,18H,8-9H2,1-5H3,(H,19,20). The zero-order chi connectivity index (χ0) is 17.0. The highest BCUT2D eigenvalue weighted by molar-refractivity contribution is 5.68. The van der Waals surface area contributed by atoms with E-state index in [1.807, 2.05) is 39.0 Å². The molecule has 0 unspecified atom stereocenters. The van der Waals surface area contributed by atoms with Crippen molar-refractivity contribution in [2.45, 2.75) is 51.3 Å². The normalized spacial score (nSPS) is 20.2. The quantitative estimate of drug-likeness (QED) is 0.871. The molecule has 0 aromatic heterocycles. The maximum atomic E-state index is 11.7. The summed E-state index contributed by atoms with van der Waals surface area (Å²) >= 11 is 0. The lowest BCUT2D eigenvalue weighted by atomic mass is 9.86. The van der Waals surface area contributed by atoms with E-state index < -0.39 is 5.60 Å². The van der Waals surface area contributed by atoms with Gasteiger partial charge in [-0.25, -0.2) is 4.79 Å². The first-order valence-electron chi connectivity index (χ1n) is 7.79. The van der Waals surface area contributed by atoms with E-state index in [1.54, 1.807) is 14.2 Å². The lowest BCUT2D eigenvalue weighted by Gasteiger charge is -2.37. The number of amides is 1. The lowest BCUT2D eigenvalue weighted by Crippen LogP contribution is -2.50. The second-order valence-electron chi connectivity index (χ2n) is 6.73. The predicted octanol–water partition coefficient (Wildman–Crippen LogP) is 3.17. The van der Waals surface area contributed by atoms with E-state index in [4.69, 9.17) is 14.2 Å². The van der Waals surface area contributed by atoms with Crippen LogP contribution in [0.4, 0.5) is 10.5 Å². The fraction of sp³-hybridized carbons (Fsp3) is 0.588. The minimum atomic E-state index is -0.467. The third-order valence-electron chi connectivity index (χ3n) is 3.61. The van der Waals surface area contributed by atoms with Crippen LogP contribution in [0.2, 0.25) is 0 Å². The summed E-state index contributed by atoms with van der Waals surface area (Å²) in [6, 6.07) is 6.22. The van der Waals surface area contributed by atoms with Crippen LogP contribution in [0.25, 0.3) is 0 Å². The number of hydrogen-bond acceptors (Lipinski definition) is 5. The molecule has 23 heavy (non-hydrogen) atoms. The number of ether oxygens (including phenoxy) is 3. The summed E-state index contributed by atoms with van der Waals surface area (Å²) < 4.78 is 15.8. The van der Waals surface area contributed by atoms with Crippen LogP contribution in [-0.4, -0.2) is 38.0 Å². The summed E-state index contributed by atoms with van der Waals surface area (Å²) in [5.41, 5.74) is 0.508. The monoisotopic (exact) mass is 322 g/mol. The summed E-state index contributed by atoms with van der Waals surface area (Å²) in [6.45, 7) is 5.57. The number of nitrogens with one attached hydrogen (secondary N) is 2. The minimum Gasteiger partial charge on any atom is -0.493 e.